The summed E-state index contributed by atoms with van der Waals surface area (Å²) in [7, 11) is 2.12. The van der Waals surface area contributed by atoms with Gasteiger partial charge in [-0.25, -0.2) is 0 Å². The van der Waals surface area contributed by atoms with Crippen molar-refractivity contribution in [3.63, 3.8) is 0 Å². The van der Waals surface area contributed by atoms with Crippen LogP contribution in [-0.2, 0) is 11.8 Å². The second-order valence-corrected chi connectivity index (χ2v) is 10.2. The topological polar surface area (TPSA) is 34.0 Å². The Kier molecular flexibility index (Phi) is 3.98. The van der Waals surface area contributed by atoms with Crippen molar-refractivity contribution >= 4 is 38.7 Å². The molecule has 3 nitrogen and oxygen atoms in total. The molecule has 1 aliphatic heterocycles. The summed E-state index contributed by atoms with van der Waals surface area (Å²) >= 11 is 0. The zero-order chi connectivity index (χ0) is 22.2. The fourth-order valence-electron chi connectivity index (χ4n) is 5.97. The number of Topliss-reactive ketones (excluding diaryl/α,β-unsaturated/α-hetero) is 1. The Morgan fingerprint density at radius 2 is 1.66 bits per heavy atom. The first kappa shape index (κ1) is 19.4. The number of benzene rings is 3. The number of nitrogens with zero attached hydrogens (tertiary/aromatic N) is 1. The molecule has 1 aromatic heterocycles. The van der Waals surface area contributed by atoms with Crippen LogP contribution in [0.25, 0.3) is 27.2 Å². The lowest BCUT2D eigenvalue weighted by molar-refractivity contribution is -0.118. The van der Waals surface area contributed by atoms with Gasteiger partial charge in [-0.2, -0.15) is 0 Å². The van der Waals surface area contributed by atoms with Crippen LogP contribution in [0.1, 0.15) is 49.6 Å². The molecule has 1 aliphatic carbocycles. The zero-order valence-corrected chi connectivity index (χ0v) is 19.1. The van der Waals surface area contributed by atoms with Crippen molar-refractivity contribution in [1.82, 2.24) is 4.57 Å². The lowest BCUT2D eigenvalue weighted by atomic mass is 9.67. The van der Waals surface area contributed by atoms with E-state index in [1.807, 2.05) is 0 Å². The van der Waals surface area contributed by atoms with Crippen molar-refractivity contribution in [2.75, 3.05) is 5.32 Å². The molecule has 32 heavy (non-hydrogen) atoms. The van der Waals surface area contributed by atoms with Gasteiger partial charge in [0.15, 0.2) is 5.78 Å². The molecule has 0 amide bonds. The summed E-state index contributed by atoms with van der Waals surface area (Å²) in [5.74, 6) is 0.277. The largest absolute Gasteiger partial charge is 0.373 e. The number of rotatable bonds is 1. The van der Waals surface area contributed by atoms with E-state index in [2.05, 4.69) is 98.4 Å². The van der Waals surface area contributed by atoms with Gasteiger partial charge in [-0.3, -0.25) is 4.79 Å². The molecule has 1 atom stereocenters. The molecule has 3 heteroatoms. The van der Waals surface area contributed by atoms with Crippen molar-refractivity contribution < 1.29 is 4.79 Å². The van der Waals surface area contributed by atoms with Crippen molar-refractivity contribution in [1.29, 1.82) is 0 Å². The fourth-order valence-corrected chi connectivity index (χ4v) is 5.97. The van der Waals surface area contributed by atoms with E-state index < -0.39 is 0 Å². The maximum atomic E-state index is 13.7. The highest BCUT2D eigenvalue weighted by Gasteiger charge is 2.42. The van der Waals surface area contributed by atoms with Crippen LogP contribution in [-0.4, -0.2) is 10.4 Å². The molecule has 0 fully saturated rings. The van der Waals surface area contributed by atoms with E-state index in [4.69, 9.17) is 0 Å². The number of nitrogens with one attached hydrogen (secondary N) is 1. The number of fused-ring (bicyclic) bond motifs is 5. The number of anilines is 1. The van der Waals surface area contributed by atoms with E-state index in [1.54, 1.807) is 0 Å². The third-order valence-corrected chi connectivity index (χ3v) is 7.48. The first-order valence-electron chi connectivity index (χ1n) is 11.4. The van der Waals surface area contributed by atoms with Crippen LogP contribution < -0.4 is 5.32 Å². The first-order valence-corrected chi connectivity index (χ1v) is 11.4. The van der Waals surface area contributed by atoms with Gasteiger partial charge in [0, 0.05) is 52.5 Å². The molecule has 4 aromatic rings. The maximum Gasteiger partial charge on any atom is 0.162 e. The minimum absolute atomic E-state index is 0.0418. The molecule has 6 rings (SSSR count). The van der Waals surface area contributed by atoms with Crippen LogP contribution in [0, 0.1) is 12.3 Å². The summed E-state index contributed by atoms with van der Waals surface area (Å²) in [4.78, 5) is 13.7. The Hall–Kier alpha value is -3.33. The van der Waals surface area contributed by atoms with Crippen LogP contribution in [0.2, 0.25) is 0 Å². The summed E-state index contributed by atoms with van der Waals surface area (Å²) in [5, 5.41) is 7.48. The summed E-state index contributed by atoms with van der Waals surface area (Å²) in [6, 6.07) is 21.3. The number of aromatic nitrogens is 1. The second-order valence-electron chi connectivity index (χ2n) is 10.2. The van der Waals surface area contributed by atoms with Gasteiger partial charge >= 0.3 is 0 Å². The highest BCUT2D eigenvalue weighted by molar-refractivity contribution is 6.13. The van der Waals surface area contributed by atoms with E-state index in [1.165, 1.54) is 44.1 Å². The van der Waals surface area contributed by atoms with Crippen LogP contribution in [0.5, 0.6) is 0 Å². The van der Waals surface area contributed by atoms with Gasteiger partial charge in [-0.15, -0.1) is 0 Å². The number of para-hydroxylation sites is 1. The molecule has 160 valence electrons. The molecule has 2 heterocycles. The van der Waals surface area contributed by atoms with Crippen LogP contribution in [0.15, 0.2) is 66.2 Å². The standard InChI is InChI=1S/C29H28N2O/c1-17-25(20-11-7-8-12-23(20)31(17)4)28-27-21(15-29(2,3)16-24(27)32)26-19-10-6-5-9-18(19)13-14-22(26)30-28/h5-14,28,30H,15-16H2,1-4H3/t28-/m1/s1. The summed E-state index contributed by atoms with van der Waals surface area (Å²) in [5.41, 5.74) is 8.14. The quantitative estimate of drug-likeness (QED) is 0.361. The average molecular weight is 421 g/mol. The van der Waals surface area contributed by atoms with Gasteiger partial charge in [0.25, 0.3) is 0 Å². The molecule has 3 aromatic carbocycles. The number of carbonyl (C=O) groups excluding carboxylic acids is 1. The number of hydrogen-bond acceptors (Lipinski definition) is 2. The maximum absolute atomic E-state index is 13.7. The summed E-state index contributed by atoms with van der Waals surface area (Å²) in [6.07, 6.45) is 1.50. The molecular formula is C29H28N2O. The average Bonchev–Trinajstić information content (AvgIpc) is 3.02. The number of aryl methyl sites for hydroxylation is 1. The molecule has 1 N–H and O–H groups in total. The molecule has 0 bridgehead atoms. The number of carbonyl (C=O) groups is 1. The van der Waals surface area contributed by atoms with E-state index >= 15 is 0 Å². The number of hydrogen-bond donors (Lipinski definition) is 1. The Bertz CT molecular complexity index is 1470. The predicted octanol–water partition coefficient (Wildman–Crippen LogP) is 6.95. The van der Waals surface area contributed by atoms with E-state index in [0.29, 0.717) is 6.42 Å². The van der Waals surface area contributed by atoms with Crippen LogP contribution in [0.3, 0.4) is 0 Å². The van der Waals surface area contributed by atoms with Gasteiger partial charge in [0.1, 0.15) is 0 Å². The Morgan fingerprint density at radius 3 is 2.47 bits per heavy atom. The second kappa shape index (κ2) is 6.59. The van der Waals surface area contributed by atoms with Gasteiger partial charge in [0.2, 0.25) is 0 Å². The van der Waals surface area contributed by atoms with Crippen LogP contribution >= 0.6 is 0 Å². The molecule has 0 saturated heterocycles. The molecule has 0 radical (unpaired) electrons. The summed E-state index contributed by atoms with van der Waals surface area (Å²) < 4.78 is 2.25. The van der Waals surface area contributed by atoms with Gasteiger partial charge in [0.05, 0.1) is 6.04 Å². The molecular weight excluding hydrogens is 392 g/mol. The van der Waals surface area contributed by atoms with E-state index in [0.717, 1.165) is 17.7 Å². The SMILES string of the molecule is Cc1c([C@H]2Nc3ccc4ccccc4c3C3=C2C(=O)CC(C)(C)C3)c2ccccc2n1C. The summed E-state index contributed by atoms with van der Waals surface area (Å²) in [6.45, 7) is 6.61. The number of ketones is 1. The number of allylic oxidation sites excluding steroid dienone is 1. The van der Waals surface area contributed by atoms with Crippen molar-refractivity contribution in [2.24, 2.45) is 12.5 Å². The monoisotopic (exact) mass is 420 g/mol. The first-order chi connectivity index (χ1) is 15.4. The third-order valence-electron chi connectivity index (χ3n) is 7.48. The molecule has 0 unspecified atom stereocenters. The van der Waals surface area contributed by atoms with Crippen molar-refractivity contribution in [3.05, 3.63) is 83.1 Å². The van der Waals surface area contributed by atoms with E-state index in [-0.39, 0.29) is 17.2 Å². The predicted molar refractivity (Wildman–Crippen MR) is 133 cm³/mol. The minimum atomic E-state index is -0.131. The lowest BCUT2D eigenvalue weighted by Gasteiger charge is -2.40. The van der Waals surface area contributed by atoms with E-state index in [9.17, 15) is 4.79 Å². The zero-order valence-electron chi connectivity index (χ0n) is 19.1. The Labute approximate surface area is 188 Å². The molecule has 0 saturated carbocycles. The Morgan fingerprint density at radius 1 is 0.938 bits per heavy atom. The third kappa shape index (κ3) is 2.63. The molecule has 0 spiro atoms. The van der Waals surface area contributed by atoms with Crippen molar-refractivity contribution in [3.8, 4) is 0 Å². The smallest absolute Gasteiger partial charge is 0.162 e. The fraction of sp³-hybridized carbons (Fsp3) is 0.276. The van der Waals surface area contributed by atoms with Crippen molar-refractivity contribution in [2.45, 2.75) is 39.7 Å². The van der Waals surface area contributed by atoms with Gasteiger partial charge < -0.3 is 9.88 Å². The highest BCUT2D eigenvalue weighted by atomic mass is 16.1. The lowest BCUT2D eigenvalue weighted by Crippen LogP contribution is -2.33. The van der Waals surface area contributed by atoms with Gasteiger partial charge in [-0.05, 0) is 47.2 Å². The Balaban J connectivity index is 1.69. The van der Waals surface area contributed by atoms with Gasteiger partial charge in [-0.1, -0.05) is 62.4 Å². The minimum Gasteiger partial charge on any atom is -0.373 e. The van der Waals surface area contributed by atoms with Crippen LogP contribution in [0.4, 0.5) is 5.69 Å². The molecule has 2 aliphatic rings. The highest BCUT2D eigenvalue weighted by Crippen LogP contribution is 2.53. The normalized spacial score (nSPS) is 19.8.